The van der Waals surface area contributed by atoms with Gasteiger partial charge in [-0.05, 0) is 0 Å². The zero-order valence-electron chi connectivity index (χ0n) is 5.37. The van der Waals surface area contributed by atoms with Crippen LogP contribution in [0.25, 0.3) is 0 Å². The number of rotatable bonds is 3. The summed E-state index contributed by atoms with van der Waals surface area (Å²) in [5.74, 6) is -0.976. The number of hydrogen-bond donors (Lipinski definition) is 3. The van der Waals surface area contributed by atoms with Gasteiger partial charge in [0.05, 0.1) is 13.0 Å². The Kier molecular flexibility index (Phi) is 8.37. The summed E-state index contributed by atoms with van der Waals surface area (Å²) in [6, 6.07) is 0. The predicted octanol–water partition coefficient (Wildman–Crippen LogP) is -1.65. The molecule has 56 valence electrons. The monoisotopic (exact) mass is 339 g/mol. The summed E-state index contributed by atoms with van der Waals surface area (Å²) in [6.45, 7) is 0.150. The van der Waals surface area contributed by atoms with Gasteiger partial charge in [0.1, 0.15) is 0 Å². The Balaban J connectivity index is 0. The molecule has 0 fully saturated rings. The molecule has 0 aliphatic heterocycles. The Morgan fingerprint density at radius 2 is 2.00 bits per heavy atom. The summed E-state index contributed by atoms with van der Waals surface area (Å²) < 4.78 is 0. The molecule has 0 saturated carbocycles. The van der Waals surface area contributed by atoms with Crippen molar-refractivity contribution in [3.8, 4) is 0 Å². The Morgan fingerprint density at radius 1 is 1.50 bits per heavy atom. The fourth-order valence-corrected chi connectivity index (χ4v) is 0.281. The SMILES string of the molecule is NC(N)=NCCC(=O)O.[Pb]. The molecule has 0 aromatic carbocycles. The minimum absolute atomic E-state index is 0. The van der Waals surface area contributed by atoms with Gasteiger partial charge in [0.2, 0.25) is 0 Å². The van der Waals surface area contributed by atoms with Crippen LogP contribution in [0, 0.1) is 0 Å². The summed E-state index contributed by atoms with van der Waals surface area (Å²) >= 11 is 0. The standard InChI is InChI=1S/C4H9N3O2.Pb/c5-4(6)7-2-1-3(8)9;/h1-2H2,(H,8,9)(H4,5,6,7);. The van der Waals surface area contributed by atoms with Gasteiger partial charge in [-0.25, -0.2) is 0 Å². The number of carboxylic acids is 1. The topological polar surface area (TPSA) is 102 Å². The van der Waals surface area contributed by atoms with Gasteiger partial charge >= 0.3 is 5.97 Å². The third-order valence-corrected chi connectivity index (χ3v) is 0.620. The van der Waals surface area contributed by atoms with Crippen LogP contribution >= 0.6 is 0 Å². The molecule has 0 amide bonds. The molecule has 0 unspecified atom stereocenters. The number of hydrogen-bond acceptors (Lipinski definition) is 2. The van der Waals surface area contributed by atoms with Crippen LogP contribution in [-0.4, -0.2) is 50.9 Å². The Morgan fingerprint density at radius 3 is 2.30 bits per heavy atom. The summed E-state index contributed by atoms with van der Waals surface area (Å²) in [5.41, 5.74) is 9.83. The van der Waals surface area contributed by atoms with E-state index in [4.69, 9.17) is 16.6 Å². The van der Waals surface area contributed by atoms with Crippen LogP contribution in [0.2, 0.25) is 0 Å². The summed E-state index contributed by atoms with van der Waals surface area (Å²) in [6.07, 6.45) is -0.0299. The number of guanidine groups is 1. The average molecular weight is 338 g/mol. The molecule has 4 radical (unpaired) electrons. The van der Waals surface area contributed by atoms with Crippen LogP contribution in [0.4, 0.5) is 0 Å². The molecule has 10 heavy (non-hydrogen) atoms. The maximum absolute atomic E-state index is 9.83. The van der Waals surface area contributed by atoms with Gasteiger partial charge in [0.25, 0.3) is 0 Å². The van der Waals surface area contributed by atoms with Crippen LogP contribution in [0.3, 0.4) is 0 Å². The maximum atomic E-state index is 9.83. The molecule has 5 nitrogen and oxygen atoms in total. The number of carbonyl (C=O) groups is 1. The minimum Gasteiger partial charge on any atom is -0.481 e. The van der Waals surface area contributed by atoms with Crippen molar-refractivity contribution < 1.29 is 9.90 Å². The number of aliphatic imine (C=N–C) groups is 1. The van der Waals surface area contributed by atoms with E-state index >= 15 is 0 Å². The molecule has 0 atom stereocenters. The van der Waals surface area contributed by atoms with Crippen molar-refractivity contribution in [1.29, 1.82) is 0 Å². The molecular weight excluding hydrogens is 329 g/mol. The second kappa shape index (κ2) is 6.78. The molecule has 0 spiro atoms. The number of aliphatic carboxylic acids is 1. The summed E-state index contributed by atoms with van der Waals surface area (Å²) in [7, 11) is 0. The van der Waals surface area contributed by atoms with Gasteiger partial charge in [-0.1, -0.05) is 0 Å². The molecular formula is C4H9N3O2Pb. The number of carboxylic acid groups (broad SMARTS) is 1. The van der Waals surface area contributed by atoms with Crippen LogP contribution in [0.1, 0.15) is 6.42 Å². The van der Waals surface area contributed by atoms with Gasteiger partial charge in [0.15, 0.2) is 5.96 Å². The molecule has 5 N–H and O–H groups in total. The van der Waals surface area contributed by atoms with Crippen molar-refractivity contribution in [1.82, 2.24) is 0 Å². The Labute approximate surface area is 78.6 Å². The van der Waals surface area contributed by atoms with Crippen LogP contribution in [0.5, 0.6) is 0 Å². The molecule has 0 bridgehead atoms. The van der Waals surface area contributed by atoms with Crippen LogP contribution < -0.4 is 11.5 Å². The second-order valence-corrected chi connectivity index (χ2v) is 1.45. The largest absolute Gasteiger partial charge is 0.481 e. The van der Waals surface area contributed by atoms with E-state index in [-0.39, 0.29) is 46.2 Å². The summed E-state index contributed by atoms with van der Waals surface area (Å²) in [5, 5.41) is 8.08. The third-order valence-electron chi connectivity index (χ3n) is 0.620. The van der Waals surface area contributed by atoms with Crippen LogP contribution in [-0.2, 0) is 4.79 Å². The van der Waals surface area contributed by atoms with Gasteiger partial charge in [-0.2, -0.15) is 0 Å². The molecule has 0 saturated heterocycles. The van der Waals surface area contributed by atoms with Crippen molar-refractivity contribution in [2.75, 3.05) is 6.54 Å². The molecule has 0 aliphatic rings. The van der Waals surface area contributed by atoms with E-state index in [2.05, 4.69) is 4.99 Å². The van der Waals surface area contributed by atoms with Gasteiger partial charge < -0.3 is 16.6 Å². The van der Waals surface area contributed by atoms with Gasteiger partial charge in [-0.3, -0.25) is 9.79 Å². The van der Waals surface area contributed by atoms with Crippen molar-refractivity contribution in [3.63, 3.8) is 0 Å². The Hall–Kier alpha value is -0.338. The molecule has 0 aromatic rings. The molecule has 0 aromatic heterocycles. The van der Waals surface area contributed by atoms with E-state index in [0.717, 1.165) is 0 Å². The van der Waals surface area contributed by atoms with Gasteiger partial charge in [-0.15, -0.1) is 0 Å². The van der Waals surface area contributed by atoms with Crippen molar-refractivity contribution in [3.05, 3.63) is 0 Å². The minimum atomic E-state index is -0.903. The second-order valence-electron chi connectivity index (χ2n) is 1.45. The smallest absolute Gasteiger partial charge is 0.305 e. The first-order valence-electron chi connectivity index (χ1n) is 2.40. The number of nitrogens with zero attached hydrogens (tertiary/aromatic N) is 1. The zero-order chi connectivity index (χ0) is 7.28. The third kappa shape index (κ3) is 10.6. The molecule has 0 aliphatic carbocycles. The van der Waals surface area contributed by atoms with E-state index in [1.165, 1.54) is 0 Å². The summed E-state index contributed by atoms with van der Waals surface area (Å²) in [4.78, 5) is 13.3. The van der Waals surface area contributed by atoms with E-state index in [1.54, 1.807) is 0 Å². The normalized spacial score (nSPS) is 7.60. The average Bonchev–Trinajstić information content (AvgIpc) is 1.63. The van der Waals surface area contributed by atoms with Gasteiger partial charge in [0, 0.05) is 27.3 Å². The first-order chi connectivity index (χ1) is 4.13. The van der Waals surface area contributed by atoms with Crippen molar-refractivity contribution in [2.45, 2.75) is 6.42 Å². The predicted molar refractivity (Wildman–Crippen MR) is 38.7 cm³/mol. The van der Waals surface area contributed by atoms with E-state index in [1.807, 2.05) is 0 Å². The van der Waals surface area contributed by atoms with E-state index < -0.39 is 5.97 Å². The first-order valence-corrected chi connectivity index (χ1v) is 2.40. The Bertz CT molecular complexity index is 132. The molecule has 0 heterocycles. The molecule has 6 heteroatoms. The first kappa shape index (κ1) is 12.3. The number of nitrogens with two attached hydrogens (primary N) is 2. The van der Waals surface area contributed by atoms with Crippen molar-refractivity contribution >= 4 is 39.2 Å². The maximum Gasteiger partial charge on any atom is 0.305 e. The zero-order valence-corrected chi connectivity index (χ0v) is 9.26. The van der Waals surface area contributed by atoms with E-state index in [0.29, 0.717) is 0 Å². The fraction of sp³-hybridized carbons (Fsp3) is 0.500. The quantitative estimate of drug-likeness (QED) is 0.326. The van der Waals surface area contributed by atoms with E-state index in [9.17, 15) is 4.79 Å². The molecule has 0 rings (SSSR count). The van der Waals surface area contributed by atoms with Crippen LogP contribution in [0.15, 0.2) is 4.99 Å². The fourth-order valence-electron chi connectivity index (χ4n) is 0.281. The van der Waals surface area contributed by atoms with Crippen molar-refractivity contribution in [2.24, 2.45) is 16.5 Å².